The number of anilines is 1. The molecule has 1 heterocycles. The second-order valence-electron chi connectivity index (χ2n) is 8.45. The molecule has 17 heteroatoms. The maximum Gasteiger partial charge on any atom is 0.409 e. The van der Waals surface area contributed by atoms with Crippen molar-refractivity contribution in [2.24, 2.45) is 16.5 Å². The number of nitrogens with one attached hydrogen (secondary N) is 3. The van der Waals surface area contributed by atoms with Crippen molar-refractivity contribution in [3.8, 4) is 0 Å². The van der Waals surface area contributed by atoms with Crippen molar-refractivity contribution in [1.82, 2.24) is 20.5 Å². The summed E-state index contributed by atoms with van der Waals surface area (Å²) in [5.74, 6) is -1.87. The van der Waals surface area contributed by atoms with Crippen LogP contribution >= 0.6 is 11.3 Å². The molecule has 0 saturated heterocycles. The number of amides is 6. The molecule has 9 N–H and O–H groups in total. The first-order chi connectivity index (χ1) is 19.2. The lowest BCUT2D eigenvalue weighted by molar-refractivity contribution is -0.131. The summed E-state index contributed by atoms with van der Waals surface area (Å²) < 4.78 is 0. The van der Waals surface area contributed by atoms with Gasteiger partial charge in [0.05, 0.1) is 17.7 Å². The first-order valence-electron chi connectivity index (χ1n) is 11.9. The van der Waals surface area contributed by atoms with E-state index in [4.69, 9.17) is 20.7 Å². The summed E-state index contributed by atoms with van der Waals surface area (Å²) in [5.41, 5.74) is 11.1. The monoisotopic (exact) mass is 592 g/mol. The Bertz CT molecular complexity index is 1270. The van der Waals surface area contributed by atoms with Gasteiger partial charge in [-0.05, 0) is 37.0 Å². The van der Waals surface area contributed by atoms with Crippen LogP contribution in [0.15, 0.2) is 29.3 Å². The molecule has 0 spiro atoms. The first kappa shape index (κ1) is 34.0. The lowest BCUT2D eigenvalue weighted by Crippen LogP contribution is -2.46. The highest BCUT2D eigenvalue weighted by Gasteiger charge is 2.26. The van der Waals surface area contributed by atoms with Gasteiger partial charge in [0.2, 0.25) is 17.7 Å². The van der Waals surface area contributed by atoms with Crippen LogP contribution in [0.5, 0.6) is 0 Å². The zero-order valence-electron chi connectivity index (χ0n) is 22.5. The van der Waals surface area contributed by atoms with Crippen LogP contribution in [-0.4, -0.2) is 82.4 Å². The fraction of sp³-hybridized carbons (Fsp3) is 0.333. The second-order valence-corrected chi connectivity index (χ2v) is 9.45. The molecule has 0 aliphatic rings. The molecule has 2 rings (SSSR count). The summed E-state index contributed by atoms with van der Waals surface area (Å²) >= 11 is 0.986. The van der Waals surface area contributed by atoms with Gasteiger partial charge in [-0.2, -0.15) is 0 Å². The lowest BCUT2D eigenvalue weighted by atomic mass is 10.1. The SMILES string of the molecule is CC(=O)Nc1nc(CCc2ccc(N=CNC(=O)O)cc2)c(C(=O)N[C@@H](CCC(N)=O)C(=O)N(C)C)s1.NC(=O)O. The van der Waals surface area contributed by atoms with E-state index < -0.39 is 30.0 Å². The highest BCUT2D eigenvalue weighted by atomic mass is 32.1. The summed E-state index contributed by atoms with van der Waals surface area (Å²) in [6.07, 6.45) is -0.658. The fourth-order valence-electron chi connectivity index (χ4n) is 3.16. The predicted molar refractivity (Wildman–Crippen MR) is 150 cm³/mol. The molecule has 0 aliphatic heterocycles. The number of hydrogen-bond acceptors (Lipinski definition) is 9. The Morgan fingerprint density at radius 3 is 2.20 bits per heavy atom. The summed E-state index contributed by atoms with van der Waals surface area (Å²) in [5, 5.41) is 23.3. The van der Waals surface area contributed by atoms with Crippen LogP contribution in [0.25, 0.3) is 0 Å². The van der Waals surface area contributed by atoms with Crippen molar-refractivity contribution in [3.05, 3.63) is 40.4 Å². The molecule has 1 aromatic heterocycles. The van der Waals surface area contributed by atoms with Crippen molar-refractivity contribution in [3.63, 3.8) is 0 Å². The number of hydrogen-bond donors (Lipinski definition) is 7. The van der Waals surface area contributed by atoms with Crippen LogP contribution in [0.4, 0.5) is 20.4 Å². The highest BCUT2D eigenvalue weighted by molar-refractivity contribution is 7.17. The molecule has 41 heavy (non-hydrogen) atoms. The molecule has 0 radical (unpaired) electrons. The quantitative estimate of drug-likeness (QED) is 0.136. The third-order valence-corrected chi connectivity index (χ3v) is 5.91. The average Bonchev–Trinajstić information content (AvgIpc) is 3.26. The van der Waals surface area contributed by atoms with E-state index in [-0.39, 0.29) is 34.7 Å². The molecule has 0 unspecified atom stereocenters. The van der Waals surface area contributed by atoms with Gasteiger partial charge in [0.15, 0.2) is 5.13 Å². The molecule has 222 valence electrons. The number of carbonyl (C=O) groups excluding carboxylic acids is 4. The Hall–Kier alpha value is -5.06. The Kier molecular flexibility index (Phi) is 13.9. The van der Waals surface area contributed by atoms with E-state index in [1.54, 1.807) is 12.1 Å². The summed E-state index contributed by atoms with van der Waals surface area (Å²) in [6.45, 7) is 1.33. The van der Waals surface area contributed by atoms with Gasteiger partial charge in [-0.25, -0.2) is 19.6 Å². The van der Waals surface area contributed by atoms with Crippen molar-refractivity contribution in [1.29, 1.82) is 0 Å². The highest BCUT2D eigenvalue weighted by Crippen LogP contribution is 2.25. The van der Waals surface area contributed by atoms with E-state index in [1.807, 2.05) is 17.4 Å². The largest absolute Gasteiger partial charge is 0.465 e. The van der Waals surface area contributed by atoms with Gasteiger partial charge in [0, 0.05) is 27.4 Å². The van der Waals surface area contributed by atoms with Crippen LogP contribution < -0.4 is 27.4 Å². The maximum absolute atomic E-state index is 13.1. The van der Waals surface area contributed by atoms with Gasteiger partial charge in [-0.15, -0.1) is 0 Å². The van der Waals surface area contributed by atoms with Crippen molar-refractivity contribution in [2.75, 3.05) is 19.4 Å². The minimum absolute atomic E-state index is 0.0432. The number of aromatic nitrogens is 1. The first-order valence-corrected chi connectivity index (χ1v) is 12.7. The number of likely N-dealkylation sites (N-methyl/N-ethyl adjacent to an activating group) is 1. The minimum atomic E-state index is -1.33. The molecule has 0 fully saturated rings. The Morgan fingerprint density at radius 1 is 1.07 bits per heavy atom. The van der Waals surface area contributed by atoms with E-state index in [9.17, 15) is 24.0 Å². The lowest BCUT2D eigenvalue weighted by Gasteiger charge is -2.21. The molecule has 6 amide bonds. The number of primary amides is 2. The van der Waals surface area contributed by atoms with Crippen LogP contribution in [0.1, 0.15) is 40.7 Å². The number of aryl methyl sites for hydroxylation is 2. The number of carbonyl (C=O) groups is 6. The number of rotatable bonds is 12. The van der Waals surface area contributed by atoms with Gasteiger partial charge in [0.1, 0.15) is 10.9 Å². The van der Waals surface area contributed by atoms with Gasteiger partial charge in [-0.3, -0.25) is 24.5 Å². The average molecular weight is 593 g/mol. The number of nitrogens with zero attached hydrogens (tertiary/aromatic N) is 3. The number of thiazole rings is 1. The Labute approximate surface area is 238 Å². The molecular weight excluding hydrogens is 560 g/mol. The molecule has 1 aromatic carbocycles. The van der Waals surface area contributed by atoms with E-state index in [0.29, 0.717) is 24.2 Å². The summed E-state index contributed by atoms with van der Waals surface area (Å²) in [7, 11) is 3.08. The van der Waals surface area contributed by atoms with Gasteiger partial charge in [0.25, 0.3) is 5.91 Å². The molecule has 0 bridgehead atoms. The van der Waals surface area contributed by atoms with Crippen LogP contribution in [0.2, 0.25) is 0 Å². The summed E-state index contributed by atoms with van der Waals surface area (Å²) in [6, 6.07) is 6.08. The van der Waals surface area contributed by atoms with Crippen LogP contribution in [0.3, 0.4) is 0 Å². The molecule has 0 saturated carbocycles. The topological polar surface area (TPSA) is 260 Å². The zero-order chi connectivity index (χ0) is 31.1. The third kappa shape index (κ3) is 13.5. The maximum atomic E-state index is 13.1. The van der Waals surface area contributed by atoms with Crippen LogP contribution in [-0.2, 0) is 27.2 Å². The predicted octanol–water partition coefficient (Wildman–Crippen LogP) is 0.889. The summed E-state index contributed by atoms with van der Waals surface area (Å²) in [4.78, 5) is 77.6. The minimum Gasteiger partial charge on any atom is -0.465 e. The second kappa shape index (κ2) is 16.8. The van der Waals surface area contributed by atoms with E-state index in [2.05, 4.69) is 26.3 Å². The van der Waals surface area contributed by atoms with Gasteiger partial charge < -0.3 is 37.2 Å². The van der Waals surface area contributed by atoms with E-state index >= 15 is 0 Å². The Morgan fingerprint density at radius 2 is 1.68 bits per heavy atom. The normalized spacial score (nSPS) is 11.0. The number of benzene rings is 1. The van der Waals surface area contributed by atoms with Gasteiger partial charge in [-0.1, -0.05) is 23.5 Å². The van der Waals surface area contributed by atoms with Crippen molar-refractivity contribution >= 4 is 64.3 Å². The smallest absolute Gasteiger partial charge is 0.409 e. The van der Waals surface area contributed by atoms with Crippen molar-refractivity contribution in [2.45, 2.75) is 38.6 Å². The van der Waals surface area contributed by atoms with Gasteiger partial charge >= 0.3 is 12.2 Å². The third-order valence-electron chi connectivity index (χ3n) is 4.90. The van der Waals surface area contributed by atoms with E-state index in [0.717, 1.165) is 23.2 Å². The van der Waals surface area contributed by atoms with E-state index in [1.165, 1.54) is 25.9 Å². The molecule has 1 atom stereocenters. The zero-order valence-corrected chi connectivity index (χ0v) is 23.4. The number of nitrogens with two attached hydrogens (primary N) is 2. The molecule has 16 nitrogen and oxygen atoms in total. The number of aliphatic imine (C=N–C) groups is 1. The van der Waals surface area contributed by atoms with Crippen LogP contribution in [0, 0.1) is 0 Å². The molecule has 0 aliphatic carbocycles. The number of carboxylic acid groups (broad SMARTS) is 2. The standard InChI is InChI=1S/C23H29N7O6S.CH3NO2/c1-13(31)27-22-29-16(9-6-14-4-7-15(8-5-14)25-12-26-23(35)36)19(37-22)20(33)28-17(10-11-18(24)32)21(34)30(2)3;2-1(3)4/h4-5,7-8,12,17H,6,9-11H2,1-3H3,(H2,24,32)(H,25,26)(H,28,33)(H,35,36)(H,27,29,31);2H2,(H,3,4)/t17-;/m0./s1. The molecular formula is C24H32N8O8S. The fourth-order valence-corrected chi connectivity index (χ4v) is 4.12. The van der Waals surface area contributed by atoms with Crippen molar-refractivity contribution < 1.29 is 39.0 Å². The molecule has 2 aromatic rings. The Balaban J connectivity index is 0.00000196.